The van der Waals surface area contributed by atoms with E-state index in [1.165, 1.54) is 12.1 Å². The SMILES string of the molecule is CC(C)OC(=O)N(/N=C(\C(=O)c1ccc(Cl)cc1)c1ccc(Cl)cc1)C(=O)OC(C)C. The maximum absolute atomic E-state index is 13.2. The highest BCUT2D eigenvalue weighted by atomic mass is 35.5. The lowest BCUT2D eigenvalue weighted by Crippen LogP contribution is -2.37. The number of halogens is 2. The summed E-state index contributed by atoms with van der Waals surface area (Å²) in [5.74, 6) is -0.543. The molecule has 0 atom stereocenters. The highest BCUT2D eigenvalue weighted by Crippen LogP contribution is 2.17. The van der Waals surface area contributed by atoms with Gasteiger partial charge in [-0.3, -0.25) is 4.79 Å². The molecule has 0 aliphatic heterocycles. The molecule has 7 nitrogen and oxygen atoms in total. The first-order chi connectivity index (χ1) is 14.6. The summed E-state index contributed by atoms with van der Waals surface area (Å²) in [5.41, 5.74) is 0.414. The lowest BCUT2D eigenvalue weighted by Gasteiger charge is -2.19. The first kappa shape index (κ1) is 24.4. The largest absolute Gasteiger partial charge is 0.445 e. The number of hydrogen-bond donors (Lipinski definition) is 0. The second kappa shape index (κ2) is 10.9. The standard InChI is InChI=1S/C22H22Cl2N2O5/c1-13(2)30-21(28)26(22(29)31-14(3)4)25-19(15-5-9-17(23)10-6-15)20(27)16-7-11-18(24)12-8-16/h5-14H,1-4H3/b25-19-. The summed E-state index contributed by atoms with van der Waals surface area (Å²) < 4.78 is 10.2. The average Bonchev–Trinajstić information content (AvgIpc) is 2.68. The molecule has 0 unspecified atom stereocenters. The van der Waals surface area contributed by atoms with E-state index in [-0.39, 0.29) is 11.3 Å². The number of benzene rings is 2. The van der Waals surface area contributed by atoms with Crippen LogP contribution in [0.5, 0.6) is 0 Å². The van der Waals surface area contributed by atoms with E-state index >= 15 is 0 Å². The molecule has 9 heteroatoms. The Kier molecular flexibility index (Phi) is 8.59. The van der Waals surface area contributed by atoms with Crippen LogP contribution >= 0.6 is 23.2 Å². The van der Waals surface area contributed by atoms with Crippen molar-refractivity contribution in [2.45, 2.75) is 39.9 Å². The third-order valence-electron chi connectivity index (χ3n) is 3.66. The Morgan fingerprint density at radius 2 is 1.13 bits per heavy atom. The van der Waals surface area contributed by atoms with Crippen molar-refractivity contribution in [2.75, 3.05) is 0 Å². The number of carbonyl (C=O) groups is 3. The van der Waals surface area contributed by atoms with Gasteiger partial charge in [-0.15, -0.1) is 0 Å². The van der Waals surface area contributed by atoms with Crippen LogP contribution in [0.25, 0.3) is 0 Å². The van der Waals surface area contributed by atoms with Crippen LogP contribution in [-0.4, -0.2) is 40.9 Å². The Morgan fingerprint density at radius 1 is 0.742 bits per heavy atom. The van der Waals surface area contributed by atoms with E-state index in [2.05, 4.69) is 5.10 Å². The van der Waals surface area contributed by atoms with Gasteiger partial charge < -0.3 is 9.47 Å². The second-order valence-corrected chi connectivity index (χ2v) is 7.84. The van der Waals surface area contributed by atoms with Crippen LogP contribution in [-0.2, 0) is 9.47 Å². The van der Waals surface area contributed by atoms with Crippen molar-refractivity contribution in [2.24, 2.45) is 5.10 Å². The molecule has 2 amide bonds. The summed E-state index contributed by atoms with van der Waals surface area (Å²) >= 11 is 11.9. The average molecular weight is 465 g/mol. The predicted octanol–water partition coefficient (Wildman–Crippen LogP) is 5.97. The van der Waals surface area contributed by atoms with E-state index in [9.17, 15) is 14.4 Å². The van der Waals surface area contributed by atoms with Crippen molar-refractivity contribution in [3.63, 3.8) is 0 Å². The summed E-state index contributed by atoms with van der Waals surface area (Å²) in [6.45, 7) is 6.47. The molecule has 164 valence electrons. The van der Waals surface area contributed by atoms with Gasteiger partial charge in [0.05, 0.1) is 12.2 Å². The zero-order valence-corrected chi connectivity index (χ0v) is 19.0. The maximum atomic E-state index is 13.2. The maximum Gasteiger partial charge on any atom is 0.440 e. The minimum absolute atomic E-state index is 0.180. The van der Waals surface area contributed by atoms with Gasteiger partial charge >= 0.3 is 12.2 Å². The molecule has 0 aliphatic carbocycles. The highest BCUT2D eigenvalue weighted by Gasteiger charge is 2.29. The number of hydrazone groups is 1. The van der Waals surface area contributed by atoms with Crippen molar-refractivity contribution < 1.29 is 23.9 Å². The number of nitrogens with zero attached hydrogens (tertiary/aromatic N) is 2. The van der Waals surface area contributed by atoms with Gasteiger partial charge in [0.15, 0.2) is 0 Å². The number of amides is 2. The Bertz CT molecular complexity index is 948. The van der Waals surface area contributed by atoms with Gasteiger partial charge in [0.2, 0.25) is 5.78 Å². The Morgan fingerprint density at radius 3 is 1.52 bits per heavy atom. The summed E-state index contributed by atoms with van der Waals surface area (Å²) in [4.78, 5) is 38.3. The minimum atomic E-state index is -1.07. The molecule has 0 saturated heterocycles. The van der Waals surface area contributed by atoms with Crippen LogP contribution in [0.15, 0.2) is 53.6 Å². The quantitative estimate of drug-likeness (QED) is 0.298. The first-order valence-electron chi connectivity index (χ1n) is 9.44. The fourth-order valence-corrected chi connectivity index (χ4v) is 2.59. The van der Waals surface area contributed by atoms with Crippen molar-refractivity contribution in [1.29, 1.82) is 0 Å². The third-order valence-corrected chi connectivity index (χ3v) is 4.16. The molecule has 31 heavy (non-hydrogen) atoms. The molecule has 0 spiro atoms. The molecular formula is C22H22Cl2N2O5. The van der Waals surface area contributed by atoms with Crippen LogP contribution in [0.3, 0.4) is 0 Å². The number of rotatable bonds is 6. The molecule has 0 saturated carbocycles. The zero-order chi connectivity index (χ0) is 23.1. The molecule has 0 N–H and O–H groups in total. The molecule has 0 fully saturated rings. The van der Waals surface area contributed by atoms with Crippen LogP contribution in [0.4, 0.5) is 9.59 Å². The summed E-state index contributed by atoms with van der Waals surface area (Å²) in [5, 5.41) is 5.35. The van der Waals surface area contributed by atoms with E-state index in [0.29, 0.717) is 20.6 Å². The smallest absolute Gasteiger partial charge is 0.440 e. The number of hydrogen-bond acceptors (Lipinski definition) is 6. The van der Waals surface area contributed by atoms with Crippen LogP contribution < -0.4 is 0 Å². The van der Waals surface area contributed by atoms with E-state index < -0.39 is 30.2 Å². The number of imide groups is 1. The van der Waals surface area contributed by atoms with Crippen molar-refractivity contribution >= 4 is 46.9 Å². The third kappa shape index (κ3) is 7.08. The van der Waals surface area contributed by atoms with Gasteiger partial charge in [0.25, 0.3) is 0 Å². The summed E-state index contributed by atoms with van der Waals surface area (Å²) in [7, 11) is 0. The number of Topliss-reactive ketones (excluding diaryl/α,β-unsaturated/α-hetero) is 1. The van der Waals surface area contributed by atoms with Crippen molar-refractivity contribution in [1.82, 2.24) is 5.01 Å². The van der Waals surface area contributed by atoms with Gasteiger partial charge in [-0.2, -0.15) is 5.10 Å². The molecule has 2 rings (SSSR count). The lowest BCUT2D eigenvalue weighted by atomic mass is 10.0. The summed E-state index contributed by atoms with van der Waals surface area (Å²) in [6.07, 6.45) is -3.20. The van der Waals surface area contributed by atoms with E-state index in [4.69, 9.17) is 32.7 Å². The second-order valence-electron chi connectivity index (χ2n) is 6.97. The summed E-state index contributed by atoms with van der Waals surface area (Å²) in [6, 6.07) is 12.3. The Balaban J connectivity index is 2.59. The monoisotopic (exact) mass is 464 g/mol. The molecule has 0 aromatic heterocycles. The number of carbonyl (C=O) groups excluding carboxylic acids is 3. The van der Waals surface area contributed by atoms with Crippen LogP contribution in [0.2, 0.25) is 10.0 Å². The van der Waals surface area contributed by atoms with E-state index in [0.717, 1.165) is 0 Å². The van der Waals surface area contributed by atoms with Gasteiger partial charge in [0.1, 0.15) is 5.71 Å². The van der Waals surface area contributed by atoms with Gasteiger partial charge in [0, 0.05) is 21.2 Å². The van der Waals surface area contributed by atoms with Gasteiger partial charge in [-0.05, 0) is 64.1 Å². The predicted molar refractivity (Wildman–Crippen MR) is 119 cm³/mol. The molecule has 0 bridgehead atoms. The Hall–Kier alpha value is -2.90. The normalized spacial score (nSPS) is 11.4. The highest BCUT2D eigenvalue weighted by molar-refractivity contribution is 6.51. The molecule has 2 aromatic carbocycles. The van der Waals surface area contributed by atoms with E-state index in [1.54, 1.807) is 64.1 Å². The fraction of sp³-hybridized carbons (Fsp3) is 0.273. The molecule has 2 aromatic rings. The minimum Gasteiger partial charge on any atom is -0.445 e. The number of ether oxygens (including phenoxy) is 2. The Labute approximate surface area is 190 Å². The molecule has 0 radical (unpaired) electrons. The molecular weight excluding hydrogens is 443 g/mol. The first-order valence-corrected chi connectivity index (χ1v) is 10.2. The van der Waals surface area contributed by atoms with Crippen molar-refractivity contribution in [3.8, 4) is 0 Å². The fourth-order valence-electron chi connectivity index (χ4n) is 2.34. The van der Waals surface area contributed by atoms with Crippen LogP contribution in [0.1, 0.15) is 43.6 Å². The number of ketones is 1. The van der Waals surface area contributed by atoms with Gasteiger partial charge in [-0.1, -0.05) is 40.3 Å². The van der Waals surface area contributed by atoms with Gasteiger partial charge in [-0.25, -0.2) is 9.59 Å². The molecule has 0 heterocycles. The van der Waals surface area contributed by atoms with E-state index in [1.807, 2.05) is 0 Å². The van der Waals surface area contributed by atoms with Crippen molar-refractivity contribution in [3.05, 3.63) is 69.7 Å². The van der Waals surface area contributed by atoms with Crippen LogP contribution in [0, 0.1) is 0 Å². The topological polar surface area (TPSA) is 85.3 Å². The molecule has 0 aliphatic rings. The lowest BCUT2D eigenvalue weighted by molar-refractivity contribution is 0.0517. The zero-order valence-electron chi connectivity index (χ0n) is 17.5.